The standard InChI is InChI=1S/C10H15FNO3P/c1-3-14-16(13,15-4-2)10-6-8(11)5-9(12)7-10/h5-7H,3-4,12H2,1-2H3. The van der Waals surface area contributed by atoms with E-state index in [0.717, 1.165) is 12.1 Å². The molecule has 4 nitrogen and oxygen atoms in total. The molecule has 0 aromatic heterocycles. The molecule has 16 heavy (non-hydrogen) atoms. The molecule has 0 aliphatic heterocycles. The zero-order valence-corrected chi connectivity index (χ0v) is 10.2. The van der Waals surface area contributed by atoms with Gasteiger partial charge in [-0.2, -0.15) is 0 Å². The summed E-state index contributed by atoms with van der Waals surface area (Å²) >= 11 is 0. The molecule has 0 aliphatic carbocycles. The molecule has 1 aromatic carbocycles. The molecule has 0 saturated carbocycles. The van der Waals surface area contributed by atoms with E-state index < -0.39 is 13.4 Å². The largest absolute Gasteiger partial charge is 0.399 e. The van der Waals surface area contributed by atoms with Crippen LogP contribution in [-0.2, 0) is 13.6 Å². The minimum absolute atomic E-state index is 0.147. The third kappa shape index (κ3) is 3.04. The average Bonchev–Trinajstić information content (AvgIpc) is 2.16. The first-order valence-electron chi connectivity index (χ1n) is 4.97. The van der Waals surface area contributed by atoms with Crippen molar-refractivity contribution in [1.29, 1.82) is 0 Å². The molecule has 0 radical (unpaired) electrons. The van der Waals surface area contributed by atoms with Crippen LogP contribution in [0.25, 0.3) is 0 Å². The van der Waals surface area contributed by atoms with Gasteiger partial charge in [0.1, 0.15) is 5.82 Å². The average molecular weight is 247 g/mol. The fraction of sp³-hybridized carbons (Fsp3) is 0.400. The van der Waals surface area contributed by atoms with E-state index in [1.54, 1.807) is 13.8 Å². The van der Waals surface area contributed by atoms with Crippen molar-refractivity contribution < 1.29 is 18.0 Å². The van der Waals surface area contributed by atoms with Crippen molar-refractivity contribution >= 4 is 18.6 Å². The summed E-state index contributed by atoms with van der Waals surface area (Å²) in [6.45, 7) is 3.81. The summed E-state index contributed by atoms with van der Waals surface area (Å²) < 4.78 is 35.5. The quantitative estimate of drug-likeness (QED) is 0.640. The molecular weight excluding hydrogens is 232 g/mol. The third-order valence-electron chi connectivity index (χ3n) is 1.82. The Hall–Kier alpha value is -0.900. The molecule has 1 rings (SSSR count). The van der Waals surface area contributed by atoms with Crippen LogP contribution in [0.1, 0.15) is 13.8 Å². The number of nitrogens with two attached hydrogens (primary N) is 1. The Morgan fingerprint density at radius 1 is 1.25 bits per heavy atom. The topological polar surface area (TPSA) is 61.5 Å². The number of hydrogen-bond acceptors (Lipinski definition) is 4. The van der Waals surface area contributed by atoms with Gasteiger partial charge in [0, 0.05) is 5.69 Å². The van der Waals surface area contributed by atoms with Gasteiger partial charge in [0.15, 0.2) is 0 Å². The molecule has 6 heteroatoms. The van der Waals surface area contributed by atoms with Gasteiger partial charge < -0.3 is 14.8 Å². The highest BCUT2D eigenvalue weighted by Crippen LogP contribution is 2.47. The lowest BCUT2D eigenvalue weighted by Crippen LogP contribution is -2.12. The minimum atomic E-state index is -3.45. The Kier molecular flexibility index (Phi) is 4.47. The number of benzene rings is 1. The van der Waals surface area contributed by atoms with Crippen LogP contribution in [0.4, 0.5) is 10.1 Å². The maximum Gasteiger partial charge on any atom is 0.361 e. The lowest BCUT2D eigenvalue weighted by molar-refractivity contribution is 0.230. The zero-order chi connectivity index (χ0) is 12.2. The highest BCUT2D eigenvalue weighted by atomic mass is 31.2. The van der Waals surface area contributed by atoms with E-state index in [2.05, 4.69) is 0 Å². The Morgan fingerprint density at radius 2 is 1.81 bits per heavy atom. The Bertz CT molecular complexity index is 381. The van der Waals surface area contributed by atoms with Gasteiger partial charge in [-0.1, -0.05) is 0 Å². The van der Waals surface area contributed by atoms with E-state index in [4.69, 9.17) is 14.8 Å². The third-order valence-corrected chi connectivity index (χ3v) is 3.91. The molecule has 0 spiro atoms. The van der Waals surface area contributed by atoms with Crippen molar-refractivity contribution in [3.8, 4) is 0 Å². The predicted octanol–water partition coefficient (Wildman–Crippen LogP) is 2.30. The summed E-state index contributed by atoms with van der Waals surface area (Å²) in [7, 11) is -3.45. The lowest BCUT2D eigenvalue weighted by Gasteiger charge is -2.17. The number of anilines is 1. The Balaban J connectivity index is 3.15. The van der Waals surface area contributed by atoms with E-state index in [1.807, 2.05) is 0 Å². The maximum absolute atomic E-state index is 13.1. The van der Waals surface area contributed by atoms with Gasteiger partial charge in [-0.15, -0.1) is 0 Å². The summed E-state index contributed by atoms with van der Waals surface area (Å²) in [5.74, 6) is -0.561. The van der Waals surface area contributed by atoms with Gasteiger partial charge in [0.05, 0.1) is 18.5 Å². The van der Waals surface area contributed by atoms with Gasteiger partial charge in [-0.05, 0) is 32.0 Å². The molecule has 0 saturated heterocycles. The first kappa shape index (κ1) is 13.2. The molecule has 0 heterocycles. The highest BCUT2D eigenvalue weighted by molar-refractivity contribution is 7.62. The van der Waals surface area contributed by atoms with Crippen molar-refractivity contribution in [1.82, 2.24) is 0 Å². The fourth-order valence-electron chi connectivity index (χ4n) is 1.28. The maximum atomic E-state index is 13.1. The lowest BCUT2D eigenvalue weighted by atomic mass is 10.3. The summed E-state index contributed by atoms with van der Waals surface area (Å²) in [5.41, 5.74) is 5.67. The summed E-state index contributed by atoms with van der Waals surface area (Å²) in [6, 6.07) is 3.66. The van der Waals surface area contributed by atoms with Crippen molar-refractivity contribution in [2.75, 3.05) is 18.9 Å². The van der Waals surface area contributed by atoms with Crippen LogP contribution >= 0.6 is 7.60 Å². The molecule has 90 valence electrons. The SMILES string of the molecule is CCOP(=O)(OCC)c1cc(N)cc(F)c1. The van der Waals surface area contributed by atoms with E-state index in [0.29, 0.717) is 0 Å². The van der Waals surface area contributed by atoms with E-state index in [9.17, 15) is 8.96 Å². The molecule has 0 amide bonds. The Labute approximate surface area is 94.1 Å². The van der Waals surface area contributed by atoms with Crippen LogP contribution < -0.4 is 11.0 Å². The zero-order valence-electron chi connectivity index (χ0n) is 9.27. The van der Waals surface area contributed by atoms with Crippen LogP contribution in [0.2, 0.25) is 0 Å². The normalized spacial score (nSPS) is 11.7. The highest BCUT2D eigenvalue weighted by Gasteiger charge is 2.27. The van der Waals surface area contributed by atoms with Gasteiger partial charge >= 0.3 is 7.60 Å². The molecular formula is C10H15FNO3P. The molecule has 0 bridgehead atoms. The van der Waals surface area contributed by atoms with Crippen molar-refractivity contribution in [3.05, 3.63) is 24.0 Å². The summed E-state index contributed by atoms with van der Waals surface area (Å²) in [5, 5.41) is 0.147. The fourth-order valence-corrected chi connectivity index (χ4v) is 2.92. The van der Waals surface area contributed by atoms with E-state index >= 15 is 0 Å². The summed E-state index contributed by atoms with van der Waals surface area (Å²) in [6.07, 6.45) is 0. The van der Waals surface area contributed by atoms with Crippen LogP contribution in [0.5, 0.6) is 0 Å². The van der Waals surface area contributed by atoms with Gasteiger partial charge in [-0.3, -0.25) is 4.57 Å². The molecule has 0 unspecified atom stereocenters. The Morgan fingerprint density at radius 3 is 2.25 bits per heavy atom. The van der Waals surface area contributed by atoms with Gasteiger partial charge in [-0.25, -0.2) is 4.39 Å². The second kappa shape index (κ2) is 5.43. The molecule has 1 aromatic rings. The van der Waals surface area contributed by atoms with Gasteiger partial charge in [0.25, 0.3) is 0 Å². The van der Waals surface area contributed by atoms with E-state index in [-0.39, 0.29) is 24.2 Å². The van der Waals surface area contributed by atoms with Crippen molar-refractivity contribution in [3.63, 3.8) is 0 Å². The second-order valence-electron chi connectivity index (χ2n) is 3.08. The molecule has 0 fully saturated rings. The van der Waals surface area contributed by atoms with E-state index in [1.165, 1.54) is 6.07 Å². The second-order valence-corrected chi connectivity index (χ2v) is 5.10. The van der Waals surface area contributed by atoms with Crippen LogP contribution in [0, 0.1) is 5.82 Å². The van der Waals surface area contributed by atoms with Crippen LogP contribution in [0.3, 0.4) is 0 Å². The monoisotopic (exact) mass is 247 g/mol. The predicted molar refractivity (Wildman–Crippen MR) is 61.3 cm³/mol. The van der Waals surface area contributed by atoms with Gasteiger partial charge in [0.2, 0.25) is 0 Å². The number of rotatable bonds is 5. The first-order valence-corrected chi connectivity index (χ1v) is 6.52. The molecule has 2 N–H and O–H groups in total. The molecule has 0 atom stereocenters. The van der Waals surface area contributed by atoms with Crippen LogP contribution in [0.15, 0.2) is 18.2 Å². The molecule has 0 aliphatic rings. The summed E-state index contributed by atoms with van der Waals surface area (Å²) in [4.78, 5) is 0. The first-order chi connectivity index (χ1) is 7.51. The van der Waals surface area contributed by atoms with Crippen LogP contribution in [-0.4, -0.2) is 13.2 Å². The van der Waals surface area contributed by atoms with Crippen molar-refractivity contribution in [2.24, 2.45) is 0 Å². The number of nitrogen functional groups attached to an aromatic ring is 1. The number of hydrogen-bond donors (Lipinski definition) is 1. The number of halogens is 1. The minimum Gasteiger partial charge on any atom is -0.399 e. The van der Waals surface area contributed by atoms with Crippen molar-refractivity contribution in [2.45, 2.75) is 13.8 Å². The smallest absolute Gasteiger partial charge is 0.361 e.